The quantitative estimate of drug-likeness (QED) is 0.162. The van der Waals surface area contributed by atoms with Crippen molar-refractivity contribution >= 4 is 40.1 Å². The molecule has 0 saturated carbocycles. The molecule has 14 heteroatoms. The Hall–Kier alpha value is -5.79. The van der Waals surface area contributed by atoms with E-state index in [4.69, 9.17) is 9.26 Å². The van der Waals surface area contributed by atoms with Crippen molar-refractivity contribution in [2.45, 2.75) is 13.1 Å². The molecule has 0 radical (unpaired) electrons. The van der Waals surface area contributed by atoms with Gasteiger partial charge in [-0.3, -0.25) is 9.59 Å². The van der Waals surface area contributed by atoms with Crippen LogP contribution in [0.2, 0.25) is 0 Å². The number of ether oxygens (including phenoxy) is 1. The number of hydrogen-bond acceptors (Lipinski definition) is 6. The number of aromatic carboxylic acids is 1. The van der Waals surface area contributed by atoms with Gasteiger partial charge in [0, 0.05) is 16.6 Å². The highest BCUT2D eigenvalue weighted by molar-refractivity contribution is 6.15. The van der Waals surface area contributed by atoms with Crippen molar-refractivity contribution in [1.82, 2.24) is 5.16 Å². The van der Waals surface area contributed by atoms with Crippen LogP contribution in [-0.2, 0) is 6.18 Å². The van der Waals surface area contributed by atoms with E-state index in [0.29, 0.717) is 23.2 Å². The number of fused-ring (bicyclic) bond motifs is 1. The first-order valence-electron chi connectivity index (χ1n) is 12.9. The van der Waals surface area contributed by atoms with Gasteiger partial charge in [-0.25, -0.2) is 13.6 Å². The van der Waals surface area contributed by atoms with Crippen LogP contribution in [0.25, 0.3) is 22.1 Å². The molecule has 0 saturated heterocycles. The van der Waals surface area contributed by atoms with Gasteiger partial charge in [0.05, 0.1) is 40.7 Å². The predicted octanol–water partition coefficient (Wildman–Crippen LogP) is 7.31. The van der Waals surface area contributed by atoms with Crippen LogP contribution in [0.4, 0.5) is 33.3 Å². The van der Waals surface area contributed by atoms with E-state index in [-0.39, 0.29) is 50.5 Å². The number of carboxylic acid groups (broad SMARTS) is 1. The number of nitrogens with one attached hydrogen (secondary N) is 2. The molecule has 4 aromatic carbocycles. The van der Waals surface area contributed by atoms with Crippen molar-refractivity contribution < 1.29 is 50.7 Å². The fourth-order valence-corrected chi connectivity index (χ4v) is 4.54. The summed E-state index contributed by atoms with van der Waals surface area (Å²) < 4.78 is 78.7. The second kappa shape index (κ2) is 11.7. The molecule has 1 heterocycles. The molecule has 0 aliphatic rings. The number of aromatic nitrogens is 1. The van der Waals surface area contributed by atoms with E-state index in [1.807, 2.05) is 0 Å². The number of methoxy groups -OCH3 is 1. The van der Waals surface area contributed by atoms with Crippen LogP contribution in [0.5, 0.6) is 5.75 Å². The molecule has 0 spiro atoms. The summed E-state index contributed by atoms with van der Waals surface area (Å²) in [5.41, 5.74) is -2.09. The van der Waals surface area contributed by atoms with Crippen molar-refractivity contribution in [1.29, 1.82) is 0 Å². The number of hydrogen-bond donors (Lipinski definition) is 3. The van der Waals surface area contributed by atoms with Crippen LogP contribution >= 0.6 is 0 Å². The van der Waals surface area contributed by atoms with Gasteiger partial charge in [-0.2, -0.15) is 13.2 Å². The SMILES string of the molecule is COc1ccc(-c2cc(C(=O)O)ccc2F)cc1C(=O)Nc1cc2c(C)noc2cc1C(=O)Nc1ccc(F)c(C(F)(F)F)c1. The first kappa shape index (κ1) is 30.7. The van der Waals surface area contributed by atoms with Crippen LogP contribution in [0, 0.1) is 18.6 Å². The number of rotatable bonds is 7. The molecule has 230 valence electrons. The lowest BCUT2D eigenvalue weighted by Crippen LogP contribution is -2.19. The molecule has 5 rings (SSSR count). The Kier molecular flexibility index (Phi) is 7.98. The number of halogens is 5. The number of nitrogens with zero attached hydrogens (tertiary/aromatic N) is 1. The lowest BCUT2D eigenvalue weighted by Gasteiger charge is -2.15. The number of amides is 2. The topological polar surface area (TPSA) is 131 Å². The van der Waals surface area contributed by atoms with Crippen molar-refractivity contribution in [2.24, 2.45) is 0 Å². The lowest BCUT2D eigenvalue weighted by molar-refractivity contribution is -0.139. The van der Waals surface area contributed by atoms with Gasteiger partial charge in [-0.15, -0.1) is 0 Å². The Morgan fingerprint density at radius 1 is 0.867 bits per heavy atom. The van der Waals surface area contributed by atoms with Crippen LogP contribution in [0.15, 0.2) is 71.3 Å². The third-order valence-electron chi connectivity index (χ3n) is 6.78. The molecule has 45 heavy (non-hydrogen) atoms. The zero-order valence-corrected chi connectivity index (χ0v) is 23.2. The Morgan fingerprint density at radius 3 is 2.27 bits per heavy atom. The van der Waals surface area contributed by atoms with E-state index in [0.717, 1.165) is 24.3 Å². The lowest BCUT2D eigenvalue weighted by atomic mass is 9.99. The summed E-state index contributed by atoms with van der Waals surface area (Å²) in [5, 5.41) is 18.4. The fourth-order valence-electron chi connectivity index (χ4n) is 4.54. The van der Waals surface area contributed by atoms with Gasteiger partial charge in [0.25, 0.3) is 11.8 Å². The van der Waals surface area contributed by atoms with Crippen molar-refractivity contribution in [2.75, 3.05) is 17.7 Å². The molecule has 2 amide bonds. The van der Waals surface area contributed by atoms with Crippen molar-refractivity contribution in [3.05, 3.63) is 106 Å². The highest BCUT2D eigenvalue weighted by Crippen LogP contribution is 2.35. The van der Waals surface area contributed by atoms with Crippen molar-refractivity contribution in [3.63, 3.8) is 0 Å². The Morgan fingerprint density at radius 2 is 1.58 bits per heavy atom. The van der Waals surface area contributed by atoms with E-state index in [2.05, 4.69) is 15.8 Å². The third-order valence-corrected chi connectivity index (χ3v) is 6.78. The number of alkyl halides is 3. The van der Waals surface area contributed by atoms with E-state index < -0.39 is 41.2 Å². The van der Waals surface area contributed by atoms with E-state index in [1.54, 1.807) is 6.92 Å². The average Bonchev–Trinajstić information content (AvgIpc) is 3.36. The van der Waals surface area contributed by atoms with Gasteiger partial charge in [0.2, 0.25) is 0 Å². The monoisotopic (exact) mass is 625 g/mol. The minimum atomic E-state index is -5.02. The largest absolute Gasteiger partial charge is 0.496 e. The molecule has 3 N–H and O–H groups in total. The molecule has 0 unspecified atom stereocenters. The maximum Gasteiger partial charge on any atom is 0.419 e. The summed E-state index contributed by atoms with van der Waals surface area (Å²) in [6.07, 6.45) is -5.02. The molecular weight excluding hydrogens is 605 g/mol. The maximum atomic E-state index is 14.7. The van der Waals surface area contributed by atoms with Crippen molar-refractivity contribution in [3.8, 4) is 16.9 Å². The van der Waals surface area contributed by atoms with Gasteiger partial charge >= 0.3 is 12.1 Å². The molecule has 1 aromatic heterocycles. The molecule has 0 aliphatic heterocycles. The second-order valence-corrected chi connectivity index (χ2v) is 9.68. The smallest absolute Gasteiger partial charge is 0.419 e. The van der Waals surface area contributed by atoms with Crippen LogP contribution in [0.3, 0.4) is 0 Å². The maximum absolute atomic E-state index is 14.7. The van der Waals surface area contributed by atoms with Crippen LogP contribution in [-0.4, -0.2) is 35.2 Å². The van der Waals surface area contributed by atoms with E-state index >= 15 is 0 Å². The summed E-state index contributed by atoms with van der Waals surface area (Å²) in [4.78, 5) is 38.4. The summed E-state index contributed by atoms with van der Waals surface area (Å²) in [7, 11) is 1.28. The number of aryl methyl sites for hydroxylation is 1. The number of carboxylic acids is 1. The molecular formula is C31H20F5N3O6. The van der Waals surface area contributed by atoms with Gasteiger partial charge in [0.1, 0.15) is 17.4 Å². The minimum Gasteiger partial charge on any atom is -0.496 e. The standard InChI is InChI=1S/C31H20F5N3O6/c1-14-18-12-25(20(13-27(18)45-39-14)28(40)37-17-5-7-24(33)22(11-17)31(34,35)36)38-29(41)21-9-15(4-8-26(21)44-2)19-10-16(30(42)43)3-6-23(19)32/h3-13H,1-2H3,(H,37,40)(H,38,41)(H,42,43). The van der Waals surface area contributed by atoms with Crippen LogP contribution < -0.4 is 15.4 Å². The first-order valence-corrected chi connectivity index (χ1v) is 12.9. The highest BCUT2D eigenvalue weighted by atomic mass is 19.4. The number of carbonyl (C=O) groups excluding carboxylic acids is 2. The van der Waals surface area contributed by atoms with Gasteiger partial charge < -0.3 is 25.0 Å². The molecule has 0 fully saturated rings. The summed E-state index contributed by atoms with van der Waals surface area (Å²) in [6, 6.07) is 11.7. The molecule has 0 aliphatic carbocycles. The molecule has 0 bridgehead atoms. The Bertz CT molecular complexity index is 2000. The van der Waals surface area contributed by atoms with Crippen LogP contribution in [0.1, 0.15) is 42.3 Å². The zero-order chi connectivity index (χ0) is 32.6. The summed E-state index contributed by atoms with van der Waals surface area (Å²) in [6.45, 7) is 1.60. The first-order chi connectivity index (χ1) is 21.3. The van der Waals surface area contributed by atoms with Gasteiger partial charge in [-0.1, -0.05) is 11.2 Å². The third kappa shape index (κ3) is 6.16. The fraction of sp³-hybridized carbons (Fsp3) is 0.0968. The van der Waals surface area contributed by atoms with Gasteiger partial charge in [0.15, 0.2) is 5.58 Å². The number of anilines is 2. The van der Waals surface area contributed by atoms with E-state index in [1.165, 1.54) is 37.4 Å². The molecule has 5 aromatic rings. The Labute approximate surface area is 250 Å². The second-order valence-electron chi connectivity index (χ2n) is 9.68. The average molecular weight is 626 g/mol. The summed E-state index contributed by atoms with van der Waals surface area (Å²) >= 11 is 0. The highest BCUT2D eigenvalue weighted by Gasteiger charge is 2.34. The number of benzene rings is 4. The zero-order valence-electron chi connectivity index (χ0n) is 23.2. The normalized spacial score (nSPS) is 11.4. The minimum absolute atomic E-state index is 0.0466. The van der Waals surface area contributed by atoms with Gasteiger partial charge in [-0.05, 0) is 73.2 Å². The molecule has 0 atom stereocenters. The summed E-state index contributed by atoms with van der Waals surface area (Å²) in [5.74, 6) is -5.34. The Balaban J connectivity index is 1.54. The number of carbonyl (C=O) groups is 3. The molecule has 9 nitrogen and oxygen atoms in total. The van der Waals surface area contributed by atoms with E-state index in [9.17, 15) is 41.4 Å². The predicted molar refractivity (Wildman–Crippen MR) is 151 cm³/mol.